The molecule has 0 saturated carbocycles. The molecule has 4 heterocycles. The number of aromatic nitrogens is 2. The van der Waals surface area contributed by atoms with Crippen LogP contribution in [-0.2, 0) is 6.42 Å². The fourth-order valence-corrected chi connectivity index (χ4v) is 5.32. The number of fused-ring (bicyclic) bond motifs is 1. The largest absolute Gasteiger partial charge is 0.393 e. The first-order chi connectivity index (χ1) is 15.4. The molecular formula is C20H21F3N6O2S. The van der Waals surface area contributed by atoms with E-state index in [0.717, 1.165) is 36.3 Å². The van der Waals surface area contributed by atoms with Gasteiger partial charge in [-0.2, -0.15) is 18.2 Å². The number of piperidine rings is 1. The van der Waals surface area contributed by atoms with E-state index < -0.39 is 18.6 Å². The van der Waals surface area contributed by atoms with Crippen LogP contribution in [-0.4, -0.2) is 48.0 Å². The molecule has 2 amide bonds. The van der Waals surface area contributed by atoms with Crippen LogP contribution in [0.25, 0.3) is 20.8 Å². The van der Waals surface area contributed by atoms with Crippen molar-refractivity contribution in [2.24, 2.45) is 0 Å². The molecule has 1 atom stereocenters. The Morgan fingerprint density at radius 3 is 2.78 bits per heavy atom. The summed E-state index contributed by atoms with van der Waals surface area (Å²) in [5, 5.41) is 16.5. The lowest BCUT2D eigenvalue weighted by atomic mass is 10.0. The van der Waals surface area contributed by atoms with Gasteiger partial charge in [-0.1, -0.05) is 17.3 Å². The van der Waals surface area contributed by atoms with E-state index in [4.69, 9.17) is 4.52 Å². The summed E-state index contributed by atoms with van der Waals surface area (Å²) in [6.45, 7) is 2.08. The van der Waals surface area contributed by atoms with E-state index in [2.05, 4.69) is 31.4 Å². The molecular weight excluding hydrogens is 445 g/mol. The van der Waals surface area contributed by atoms with Crippen LogP contribution in [0.4, 0.5) is 23.7 Å². The van der Waals surface area contributed by atoms with Gasteiger partial charge in [0.05, 0.1) is 21.7 Å². The molecule has 8 nitrogen and oxygen atoms in total. The molecule has 2 saturated heterocycles. The van der Waals surface area contributed by atoms with Crippen LogP contribution in [0.3, 0.4) is 0 Å². The molecule has 4 N–H and O–H groups in total. The Hall–Kier alpha value is -2.86. The summed E-state index contributed by atoms with van der Waals surface area (Å²) in [5.74, 6) is 0.247. The van der Waals surface area contributed by atoms with Gasteiger partial charge in [0.1, 0.15) is 6.04 Å². The minimum Gasteiger partial charge on any atom is -0.381 e. The molecule has 12 heteroatoms. The van der Waals surface area contributed by atoms with Crippen molar-refractivity contribution < 1.29 is 22.5 Å². The van der Waals surface area contributed by atoms with Crippen LogP contribution < -0.4 is 21.3 Å². The molecule has 0 unspecified atom stereocenters. The van der Waals surface area contributed by atoms with Gasteiger partial charge in [-0.3, -0.25) is 0 Å². The smallest absolute Gasteiger partial charge is 0.381 e. The predicted octanol–water partition coefficient (Wildman–Crippen LogP) is 3.57. The van der Waals surface area contributed by atoms with Crippen molar-refractivity contribution in [3.05, 3.63) is 29.7 Å². The third-order valence-corrected chi connectivity index (χ3v) is 6.89. The Bertz CT molecular complexity index is 1140. The average Bonchev–Trinajstić information content (AvgIpc) is 3.47. The normalized spacial score (nSPS) is 19.8. The second kappa shape index (κ2) is 8.24. The first-order valence-electron chi connectivity index (χ1n) is 10.3. The van der Waals surface area contributed by atoms with Crippen LogP contribution in [0, 0.1) is 0 Å². The second-order valence-corrected chi connectivity index (χ2v) is 8.94. The van der Waals surface area contributed by atoms with Gasteiger partial charge in [-0.15, -0.1) is 11.3 Å². The number of amides is 2. The first kappa shape index (κ1) is 21.0. The molecule has 1 aromatic carbocycles. The summed E-state index contributed by atoms with van der Waals surface area (Å²) in [6.07, 6.45) is -3.60. The van der Waals surface area contributed by atoms with Gasteiger partial charge in [-0.25, -0.2) is 4.79 Å². The number of hydrogen-bond acceptors (Lipinski definition) is 7. The first-order valence-corrected chi connectivity index (χ1v) is 11.2. The molecule has 2 aromatic heterocycles. The Balaban J connectivity index is 1.55. The molecule has 0 spiro atoms. The van der Waals surface area contributed by atoms with E-state index in [-0.39, 0.29) is 35.9 Å². The van der Waals surface area contributed by atoms with Crippen LogP contribution in [0.5, 0.6) is 0 Å². The number of urea groups is 1. The standard InChI is InChI=1S/C20H21F3N6O2S/c21-20(22,23)8-12-11-2-1-3-13(26-10-4-6-24-7-5-10)15(11)32-16(12)17-28-18(31-29-17)14-9-25-19(30)27-14/h1-3,10,14,24,26H,4-9H2,(H2,25,27,30)/t14-/m1/s1. The minimum atomic E-state index is -4.39. The maximum atomic E-state index is 13.5. The van der Waals surface area contributed by atoms with Gasteiger partial charge >= 0.3 is 12.2 Å². The predicted molar refractivity (Wildman–Crippen MR) is 114 cm³/mol. The zero-order valence-electron chi connectivity index (χ0n) is 16.9. The highest BCUT2D eigenvalue weighted by Gasteiger charge is 2.34. The highest BCUT2D eigenvalue weighted by Crippen LogP contribution is 2.43. The highest BCUT2D eigenvalue weighted by atomic mass is 32.1. The summed E-state index contributed by atoms with van der Waals surface area (Å²) in [5.41, 5.74) is 0.942. The van der Waals surface area contributed by atoms with Gasteiger partial charge in [-0.05, 0) is 42.9 Å². The van der Waals surface area contributed by atoms with Gasteiger partial charge in [0.15, 0.2) is 0 Å². The number of thiophene rings is 1. The molecule has 2 aliphatic heterocycles. The summed E-state index contributed by atoms with van der Waals surface area (Å²) < 4.78 is 46.4. The third kappa shape index (κ3) is 4.24. The van der Waals surface area contributed by atoms with E-state index in [9.17, 15) is 18.0 Å². The molecule has 3 aromatic rings. The Kier molecular flexibility index (Phi) is 5.41. The van der Waals surface area contributed by atoms with E-state index in [1.165, 1.54) is 11.3 Å². The lowest BCUT2D eigenvalue weighted by Crippen LogP contribution is -2.35. The van der Waals surface area contributed by atoms with Crippen molar-refractivity contribution in [2.45, 2.75) is 37.5 Å². The molecule has 2 aliphatic rings. The number of nitrogens with one attached hydrogen (secondary N) is 4. The number of hydrogen-bond donors (Lipinski definition) is 4. The highest BCUT2D eigenvalue weighted by molar-refractivity contribution is 7.23. The molecule has 0 aliphatic carbocycles. The second-order valence-electron chi connectivity index (χ2n) is 7.92. The van der Waals surface area contributed by atoms with Gasteiger partial charge < -0.3 is 25.8 Å². The van der Waals surface area contributed by atoms with Crippen LogP contribution in [0.15, 0.2) is 22.7 Å². The van der Waals surface area contributed by atoms with Gasteiger partial charge in [0.25, 0.3) is 5.89 Å². The lowest BCUT2D eigenvalue weighted by molar-refractivity contribution is -0.126. The minimum absolute atomic E-state index is 0.0921. The Labute approximate surface area is 184 Å². The fourth-order valence-electron chi connectivity index (χ4n) is 4.10. The van der Waals surface area contributed by atoms with Crippen molar-refractivity contribution >= 4 is 33.1 Å². The van der Waals surface area contributed by atoms with Gasteiger partial charge in [0.2, 0.25) is 5.82 Å². The van der Waals surface area contributed by atoms with Crippen LogP contribution >= 0.6 is 11.3 Å². The number of rotatable bonds is 5. The van der Waals surface area contributed by atoms with Crippen molar-refractivity contribution in [3.63, 3.8) is 0 Å². The summed E-state index contributed by atoms with van der Waals surface area (Å²) in [7, 11) is 0. The molecule has 2 fully saturated rings. The van der Waals surface area contributed by atoms with Crippen molar-refractivity contribution in [1.82, 2.24) is 26.1 Å². The third-order valence-electron chi connectivity index (χ3n) is 5.61. The summed E-state index contributed by atoms with van der Waals surface area (Å²) >= 11 is 1.22. The quantitative estimate of drug-likeness (QED) is 0.458. The topological polar surface area (TPSA) is 104 Å². The maximum Gasteiger partial charge on any atom is 0.393 e. The van der Waals surface area contributed by atoms with E-state index in [1.807, 2.05) is 6.07 Å². The van der Waals surface area contributed by atoms with E-state index >= 15 is 0 Å². The number of carbonyl (C=O) groups excluding carboxylic acids is 1. The number of alkyl halides is 3. The van der Waals surface area contributed by atoms with Gasteiger partial charge in [0, 0.05) is 12.6 Å². The maximum absolute atomic E-state index is 13.5. The Morgan fingerprint density at radius 1 is 1.25 bits per heavy atom. The molecule has 0 bridgehead atoms. The van der Waals surface area contributed by atoms with E-state index in [0.29, 0.717) is 10.3 Å². The molecule has 0 radical (unpaired) electrons. The zero-order chi connectivity index (χ0) is 22.3. The fraction of sp³-hybridized carbons (Fsp3) is 0.450. The zero-order valence-corrected chi connectivity index (χ0v) is 17.7. The van der Waals surface area contributed by atoms with Crippen molar-refractivity contribution in [2.75, 3.05) is 25.0 Å². The SMILES string of the molecule is O=C1NC[C@H](c2nc(-c3sc4c(NC5CCNCC5)cccc4c3CC(F)(F)F)no2)N1. The monoisotopic (exact) mass is 466 g/mol. The van der Waals surface area contributed by atoms with Crippen LogP contribution in [0.2, 0.25) is 0 Å². The Morgan fingerprint density at radius 2 is 2.06 bits per heavy atom. The number of nitrogens with zero attached hydrogens (tertiary/aromatic N) is 2. The van der Waals surface area contributed by atoms with E-state index in [1.54, 1.807) is 12.1 Å². The number of carbonyl (C=O) groups is 1. The van der Waals surface area contributed by atoms with Crippen LogP contribution in [0.1, 0.15) is 30.3 Å². The number of halogens is 3. The summed E-state index contributed by atoms with van der Waals surface area (Å²) in [4.78, 5) is 16.0. The van der Waals surface area contributed by atoms with Crippen molar-refractivity contribution in [1.29, 1.82) is 0 Å². The van der Waals surface area contributed by atoms with Crippen molar-refractivity contribution in [3.8, 4) is 10.7 Å². The number of benzene rings is 1. The molecule has 32 heavy (non-hydrogen) atoms. The summed E-state index contributed by atoms with van der Waals surface area (Å²) in [6, 6.07) is 4.75. The average molecular weight is 466 g/mol. The lowest BCUT2D eigenvalue weighted by Gasteiger charge is -2.25. The molecule has 5 rings (SSSR count). The number of anilines is 1. The molecule has 170 valence electrons.